The largest absolute Gasteiger partial charge is 0.483 e. The van der Waals surface area contributed by atoms with E-state index in [9.17, 15) is 4.79 Å². The van der Waals surface area contributed by atoms with E-state index in [4.69, 9.17) is 10.5 Å². The molecule has 2 unspecified atom stereocenters. The van der Waals surface area contributed by atoms with Crippen LogP contribution in [0.5, 0.6) is 5.75 Å². The van der Waals surface area contributed by atoms with Gasteiger partial charge in [0.2, 0.25) is 0 Å². The van der Waals surface area contributed by atoms with E-state index in [2.05, 4.69) is 26.1 Å². The maximum absolute atomic E-state index is 13.0. The van der Waals surface area contributed by atoms with Gasteiger partial charge in [0.15, 0.2) is 6.61 Å². The third kappa shape index (κ3) is 4.49. The molecule has 1 amide bonds. The number of carbonyl (C=O) groups is 1. The predicted molar refractivity (Wildman–Crippen MR) is 107 cm³/mol. The molecule has 1 aliphatic rings. The van der Waals surface area contributed by atoms with Gasteiger partial charge in [-0.3, -0.25) is 10.1 Å². The summed E-state index contributed by atoms with van der Waals surface area (Å²) in [6, 6.07) is 15.7. The summed E-state index contributed by atoms with van der Waals surface area (Å²) in [5.41, 5.74) is 9.45. The third-order valence-electron chi connectivity index (χ3n) is 4.69. The quantitative estimate of drug-likeness (QED) is 0.815. The standard InChI is InChI=1S/C22H29N3O2/c1-15-9-8-12-17-19(21(23)24-22(2,3)4)25(18(26)14-27-20(15)17)13-16-10-6-5-7-11-16/h5-12,19,21,24H,13-14,23H2,1-4H3. The van der Waals surface area contributed by atoms with Gasteiger partial charge >= 0.3 is 0 Å². The van der Waals surface area contributed by atoms with Crippen LogP contribution in [0.15, 0.2) is 48.5 Å². The Morgan fingerprint density at radius 3 is 2.56 bits per heavy atom. The number of nitrogens with zero attached hydrogens (tertiary/aromatic N) is 1. The van der Waals surface area contributed by atoms with Crippen molar-refractivity contribution in [3.8, 4) is 5.75 Å². The Balaban J connectivity index is 2.05. The minimum atomic E-state index is -0.431. The summed E-state index contributed by atoms with van der Waals surface area (Å²) in [7, 11) is 0. The summed E-state index contributed by atoms with van der Waals surface area (Å²) < 4.78 is 5.90. The Hall–Kier alpha value is -2.37. The highest BCUT2D eigenvalue weighted by molar-refractivity contribution is 5.79. The van der Waals surface area contributed by atoms with Gasteiger partial charge in [-0.25, -0.2) is 0 Å². The van der Waals surface area contributed by atoms with E-state index in [-0.39, 0.29) is 24.1 Å². The number of amides is 1. The summed E-state index contributed by atoms with van der Waals surface area (Å²) >= 11 is 0. The number of fused-ring (bicyclic) bond motifs is 1. The Kier molecular flexibility index (Phi) is 5.53. The van der Waals surface area contributed by atoms with E-state index in [0.29, 0.717) is 6.54 Å². The average Bonchev–Trinajstić information content (AvgIpc) is 2.73. The lowest BCUT2D eigenvalue weighted by molar-refractivity contribution is -0.136. The molecular weight excluding hydrogens is 338 g/mol. The van der Waals surface area contributed by atoms with Crippen LogP contribution in [0.4, 0.5) is 0 Å². The molecule has 27 heavy (non-hydrogen) atoms. The van der Waals surface area contributed by atoms with Crippen molar-refractivity contribution in [2.45, 2.75) is 52.0 Å². The Bertz CT molecular complexity index is 799. The molecule has 0 fully saturated rings. The number of nitrogens with two attached hydrogens (primary N) is 1. The lowest BCUT2D eigenvalue weighted by Crippen LogP contribution is -2.56. The molecule has 1 aliphatic heterocycles. The zero-order chi connectivity index (χ0) is 19.6. The second-order valence-corrected chi connectivity index (χ2v) is 8.15. The number of ether oxygens (including phenoxy) is 1. The molecule has 0 spiro atoms. The molecule has 2 aromatic carbocycles. The van der Waals surface area contributed by atoms with Gasteiger partial charge in [0.1, 0.15) is 5.75 Å². The number of hydrogen-bond donors (Lipinski definition) is 2. The van der Waals surface area contributed by atoms with E-state index in [1.807, 2.05) is 60.4 Å². The van der Waals surface area contributed by atoms with Gasteiger partial charge in [0, 0.05) is 17.6 Å². The van der Waals surface area contributed by atoms with Crippen molar-refractivity contribution >= 4 is 5.91 Å². The smallest absolute Gasteiger partial charge is 0.261 e. The zero-order valence-electron chi connectivity index (χ0n) is 16.5. The third-order valence-corrected chi connectivity index (χ3v) is 4.69. The highest BCUT2D eigenvalue weighted by atomic mass is 16.5. The molecule has 144 valence electrons. The lowest BCUT2D eigenvalue weighted by atomic mass is 9.97. The number of hydrogen-bond acceptors (Lipinski definition) is 4. The average molecular weight is 367 g/mol. The van der Waals surface area contributed by atoms with Crippen molar-refractivity contribution in [1.29, 1.82) is 0 Å². The van der Waals surface area contributed by atoms with Crippen LogP contribution < -0.4 is 15.8 Å². The first-order chi connectivity index (χ1) is 12.8. The van der Waals surface area contributed by atoms with E-state index < -0.39 is 6.17 Å². The highest BCUT2D eigenvalue weighted by Gasteiger charge is 2.37. The van der Waals surface area contributed by atoms with Crippen LogP contribution in [-0.4, -0.2) is 29.1 Å². The SMILES string of the molecule is Cc1cccc2c1OCC(=O)N(Cc1ccccc1)C2C(N)NC(C)(C)C. The van der Waals surface area contributed by atoms with Gasteiger partial charge in [0.05, 0.1) is 12.2 Å². The zero-order valence-corrected chi connectivity index (χ0v) is 16.5. The minimum Gasteiger partial charge on any atom is -0.483 e. The number of rotatable bonds is 4. The van der Waals surface area contributed by atoms with Gasteiger partial charge in [0.25, 0.3) is 5.91 Å². The van der Waals surface area contributed by atoms with E-state index >= 15 is 0 Å². The van der Waals surface area contributed by atoms with Gasteiger partial charge < -0.3 is 15.4 Å². The first-order valence-electron chi connectivity index (χ1n) is 9.35. The van der Waals surface area contributed by atoms with Crippen molar-refractivity contribution in [2.75, 3.05) is 6.61 Å². The fourth-order valence-corrected chi connectivity index (χ4v) is 3.58. The molecule has 0 radical (unpaired) electrons. The van der Waals surface area contributed by atoms with Crippen molar-refractivity contribution in [3.05, 3.63) is 65.2 Å². The minimum absolute atomic E-state index is 0.0173. The fourth-order valence-electron chi connectivity index (χ4n) is 3.58. The van der Waals surface area contributed by atoms with Gasteiger partial charge in [-0.15, -0.1) is 0 Å². The Morgan fingerprint density at radius 1 is 1.19 bits per heavy atom. The van der Waals surface area contributed by atoms with Crippen molar-refractivity contribution in [1.82, 2.24) is 10.2 Å². The molecule has 5 heteroatoms. The summed E-state index contributed by atoms with van der Waals surface area (Å²) in [4.78, 5) is 14.8. The second-order valence-electron chi connectivity index (χ2n) is 8.15. The monoisotopic (exact) mass is 367 g/mol. The number of para-hydroxylation sites is 1. The van der Waals surface area contributed by atoms with Crippen LogP contribution in [0.3, 0.4) is 0 Å². The molecule has 0 saturated heterocycles. The van der Waals surface area contributed by atoms with E-state index in [1.54, 1.807) is 0 Å². The molecular formula is C22H29N3O2. The number of carbonyl (C=O) groups excluding carboxylic acids is 1. The molecule has 0 aliphatic carbocycles. The molecule has 2 aromatic rings. The number of benzene rings is 2. The van der Waals surface area contributed by atoms with Gasteiger partial charge in [-0.2, -0.15) is 0 Å². The highest BCUT2D eigenvalue weighted by Crippen LogP contribution is 2.37. The van der Waals surface area contributed by atoms with Crippen LogP contribution in [0.1, 0.15) is 43.5 Å². The van der Waals surface area contributed by atoms with Crippen molar-refractivity contribution < 1.29 is 9.53 Å². The van der Waals surface area contributed by atoms with Gasteiger partial charge in [-0.1, -0.05) is 48.5 Å². The first-order valence-corrected chi connectivity index (χ1v) is 9.35. The van der Waals surface area contributed by atoms with Crippen LogP contribution in [-0.2, 0) is 11.3 Å². The van der Waals surface area contributed by atoms with Crippen LogP contribution >= 0.6 is 0 Å². The fraction of sp³-hybridized carbons (Fsp3) is 0.409. The Morgan fingerprint density at radius 2 is 1.89 bits per heavy atom. The molecule has 1 heterocycles. The maximum atomic E-state index is 13.0. The first kappa shape index (κ1) is 19.4. The van der Waals surface area contributed by atoms with Crippen LogP contribution in [0.25, 0.3) is 0 Å². The summed E-state index contributed by atoms with van der Waals surface area (Å²) in [5, 5.41) is 3.44. The van der Waals surface area contributed by atoms with Crippen molar-refractivity contribution in [3.63, 3.8) is 0 Å². The molecule has 0 bridgehead atoms. The summed E-state index contributed by atoms with van der Waals surface area (Å²) in [6.07, 6.45) is -0.431. The van der Waals surface area contributed by atoms with Gasteiger partial charge in [-0.05, 0) is 38.8 Å². The summed E-state index contributed by atoms with van der Waals surface area (Å²) in [5.74, 6) is 0.697. The maximum Gasteiger partial charge on any atom is 0.261 e. The van der Waals surface area contributed by atoms with Crippen LogP contribution in [0, 0.1) is 6.92 Å². The van der Waals surface area contributed by atoms with E-state index in [0.717, 1.165) is 22.4 Å². The number of nitrogens with one attached hydrogen (secondary N) is 1. The Labute approximate surface area is 161 Å². The molecule has 0 aromatic heterocycles. The topological polar surface area (TPSA) is 67.6 Å². The molecule has 3 rings (SSSR count). The predicted octanol–water partition coefficient (Wildman–Crippen LogP) is 3.13. The van der Waals surface area contributed by atoms with Crippen molar-refractivity contribution in [2.24, 2.45) is 5.73 Å². The molecule has 0 saturated carbocycles. The summed E-state index contributed by atoms with van der Waals surface area (Å²) in [6.45, 7) is 8.71. The lowest BCUT2D eigenvalue weighted by Gasteiger charge is -2.38. The van der Waals surface area contributed by atoms with E-state index in [1.165, 1.54) is 0 Å². The molecule has 3 N–H and O–H groups in total. The molecule has 2 atom stereocenters. The van der Waals surface area contributed by atoms with Crippen LogP contribution in [0.2, 0.25) is 0 Å². The second kappa shape index (κ2) is 7.71. The molecule has 5 nitrogen and oxygen atoms in total. The normalized spacial score (nSPS) is 18.5. The number of aryl methyl sites for hydroxylation is 1.